The van der Waals surface area contributed by atoms with Crippen LogP contribution >= 0.6 is 0 Å². The second-order valence-corrected chi connectivity index (χ2v) is 4.92. The highest BCUT2D eigenvalue weighted by Crippen LogP contribution is 2.14. The lowest BCUT2D eigenvalue weighted by atomic mass is 10.0. The van der Waals surface area contributed by atoms with Crippen LogP contribution in [0.4, 0.5) is 0 Å². The largest absolute Gasteiger partial charge is 0.479 e. The van der Waals surface area contributed by atoms with E-state index in [1.54, 1.807) is 0 Å². The van der Waals surface area contributed by atoms with Gasteiger partial charge in [-0.15, -0.1) is 0 Å². The van der Waals surface area contributed by atoms with Crippen molar-refractivity contribution in [3.8, 4) is 0 Å². The van der Waals surface area contributed by atoms with Crippen molar-refractivity contribution in [3.05, 3.63) is 0 Å². The van der Waals surface area contributed by atoms with Crippen molar-refractivity contribution in [1.29, 1.82) is 0 Å². The van der Waals surface area contributed by atoms with E-state index in [1.807, 2.05) is 14.0 Å². The quantitative estimate of drug-likeness (QED) is 0.710. The number of carbonyl (C=O) groups is 1. The maximum absolute atomic E-state index is 10.9. The van der Waals surface area contributed by atoms with Crippen LogP contribution in [-0.2, 0) is 14.3 Å². The van der Waals surface area contributed by atoms with Gasteiger partial charge in [0.2, 0.25) is 0 Å². The molecule has 1 heterocycles. The van der Waals surface area contributed by atoms with Gasteiger partial charge in [-0.3, -0.25) is 0 Å². The minimum absolute atomic E-state index is 0.442. The van der Waals surface area contributed by atoms with Gasteiger partial charge in [-0.1, -0.05) is 0 Å². The first-order valence-electron chi connectivity index (χ1n) is 6.74. The summed E-state index contributed by atoms with van der Waals surface area (Å²) in [6, 6.07) is 0. The molecule has 0 radical (unpaired) electrons. The Labute approximate surface area is 109 Å². The predicted octanol–water partition coefficient (Wildman–Crippen LogP) is 1.22. The molecule has 2 unspecified atom stereocenters. The molecular formula is C13H25NO4. The number of hydrogen-bond acceptors (Lipinski definition) is 4. The molecule has 1 N–H and O–H groups in total. The normalized spacial score (nSPS) is 22.1. The molecule has 106 valence electrons. The number of carboxylic acid groups (broad SMARTS) is 1. The van der Waals surface area contributed by atoms with Crippen LogP contribution in [0, 0.1) is 5.92 Å². The van der Waals surface area contributed by atoms with Gasteiger partial charge in [-0.05, 0) is 39.2 Å². The molecule has 0 aromatic rings. The smallest absolute Gasteiger partial charge is 0.332 e. The summed E-state index contributed by atoms with van der Waals surface area (Å²) in [4.78, 5) is 13.1. The SMILES string of the molecule is CCOC(CCN(C)CC1CCCOC1)C(=O)O. The second-order valence-electron chi connectivity index (χ2n) is 4.92. The standard InChI is InChI=1S/C13H25NO4/c1-3-18-12(13(15)16)6-7-14(2)9-11-5-4-8-17-10-11/h11-12H,3-10H2,1-2H3,(H,15,16). The summed E-state index contributed by atoms with van der Waals surface area (Å²) in [5.41, 5.74) is 0. The van der Waals surface area contributed by atoms with Crippen molar-refractivity contribution in [1.82, 2.24) is 4.90 Å². The van der Waals surface area contributed by atoms with Crippen molar-refractivity contribution in [2.75, 3.05) is 40.0 Å². The summed E-state index contributed by atoms with van der Waals surface area (Å²) in [6.07, 6.45) is 2.20. The van der Waals surface area contributed by atoms with Gasteiger partial charge in [-0.2, -0.15) is 0 Å². The molecule has 0 aromatic carbocycles. The van der Waals surface area contributed by atoms with Gasteiger partial charge in [0.05, 0.1) is 6.61 Å². The van der Waals surface area contributed by atoms with E-state index in [-0.39, 0.29) is 0 Å². The molecule has 1 fully saturated rings. The molecule has 0 saturated carbocycles. The molecule has 1 saturated heterocycles. The number of nitrogens with zero attached hydrogens (tertiary/aromatic N) is 1. The zero-order valence-electron chi connectivity index (χ0n) is 11.4. The molecule has 5 nitrogen and oxygen atoms in total. The molecule has 1 rings (SSSR count). The zero-order chi connectivity index (χ0) is 13.4. The van der Waals surface area contributed by atoms with E-state index in [9.17, 15) is 4.79 Å². The van der Waals surface area contributed by atoms with Crippen LogP contribution in [0.5, 0.6) is 0 Å². The number of carboxylic acids is 1. The Kier molecular flexibility index (Phi) is 7.23. The summed E-state index contributed by atoms with van der Waals surface area (Å²) in [7, 11) is 2.03. The Morgan fingerprint density at radius 3 is 2.94 bits per heavy atom. The minimum Gasteiger partial charge on any atom is -0.479 e. The van der Waals surface area contributed by atoms with Crippen molar-refractivity contribution in [2.24, 2.45) is 5.92 Å². The average molecular weight is 259 g/mol. The Morgan fingerprint density at radius 2 is 2.39 bits per heavy atom. The minimum atomic E-state index is -0.869. The Hall–Kier alpha value is -0.650. The fraction of sp³-hybridized carbons (Fsp3) is 0.923. The summed E-state index contributed by atoms with van der Waals surface area (Å²) in [5.74, 6) is -0.287. The maximum atomic E-state index is 10.9. The fourth-order valence-electron chi connectivity index (χ4n) is 2.30. The van der Waals surface area contributed by atoms with Crippen LogP contribution in [0.15, 0.2) is 0 Å². The zero-order valence-corrected chi connectivity index (χ0v) is 11.4. The molecule has 18 heavy (non-hydrogen) atoms. The van der Waals surface area contributed by atoms with Crippen LogP contribution in [0.3, 0.4) is 0 Å². The van der Waals surface area contributed by atoms with E-state index in [1.165, 1.54) is 6.42 Å². The number of ether oxygens (including phenoxy) is 2. The fourth-order valence-corrected chi connectivity index (χ4v) is 2.30. The lowest BCUT2D eigenvalue weighted by Gasteiger charge is -2.27. The van der Waals surface area contributed by atoms with Gasteiger partial charge in [0.1, 0.15) is 0 Å². The number of aliphatic carboxylic acids is 1. The van der Waals surface area contributed by atoms with Crippen LogP contribution in [0.1, 0.15) is 26.2 Å². The molecular weight excluding hydrogens is 234 g/mol. The predicted molar refractivity (Wildman–Crippen MR) is 68.7 cm³/mol. The molecule has 0 spiro atoms. The highest BCUT2D eigenvalue weighted by atomic mass is 16.5. The van der Waals surface area contributed by atoms with Crippen molar-refractivity contribution in [2.45, 2.75) is 32.3 Å². The van der Waals surface area contributed by atoms with Crippen LogP contribution < -0.4 is 0 Å². The molecule has 2 atom stereocenters. The van der Waals surface area contributed by atoms with Gasteiger partial charge in [0.15, 0.2) is 6.10 Å². The third-order valence-electron chi connectivity index (χ3n) is 3.24. The number of rotatable bonds is 8. The summed E-state index contributed by atoms with van der Waals surface area (Å²) in [5, 5.41) is 8.98. The molecule has 0 bridgehead atoms. The molecule has 1 aliphatic heterocycles. The van der Waals surface area contributed by atoms with E-state index in [0.717, 1.165) is 32.7 Å². The molecule has 1 aliphatic rings. The molecule has 0 aromatic heterocycles. The summed E-state index contributed by atoms with van der Waals surface area (Å²) >= 11 is 0. The van der Waals surface area contributed by atoms with E-state index in [4.69, 9.17) is 14.6 Å². The lowest BCUT2D eigenvalue weighted by Crippen LogP contribution is -2.34. The van der Waals surface area contributed by atoms with E-state index < -0.39 is 12.1 Å². The molecule has 0 amide bonds. The Balaban J connectivity index is 2.21. The third-order valence-corrected chi connectivity index (χ3v) is 3.24. The third kappa shape index (κ3) is 5.80. The first-order chi connectivity index (χ1) is 8.63. The van der Waals surface area contributed by atoms with Crippen molar-refractivity contribution < 1.29 is 19.4 Å². The Bertz CT molecular complexity index is 241. The van der Waals surface area contributed by atoms with E-state index >= 15 is 0 Å². The monoisotopic (exact) mass is 259 g/mol. The lowest BCUT2D eigenvalue weighted by molar-refractivity contribution is -0.150. The first-order valence-corrected chi connectivity index (χ1v) is 6.74. The van der Waals surface area contributed by atoms with Gasteiger partial charge in [0, 0.05) is 26.3 Å². The van der Waals surface area contributed by atoms with Crippen LogP contribution in [0.2, 0.25) is 0 Å². The van der Waals surface area contributed by atoms with Crippen molar-refractivity contribution >= 4 is 5.97 Å². The van der Waals surface area contributed by atoms with E-state index in [0.29, 0.717) is 18.9 Å². The van der Waals surface area contributed by atoms with Gasteiger partial charge in [-0.25, -0.2) is 4.79 Å². The van der Waals surface area contributed by atoms with Crippen LogP contribution in [0.25, 0.3) is 0 Å². The van der Waals surface area contributed by atoms with E-state index in [2.05, 4.69) is 4.90 Å². The average Bonchev–Trinajstić information content (AvgIpc) is 2.35. The molecule has 0 aliphatic carbocycles. The Morgan fingerprint density at radius 1 is 1.61 bits per heavy atom. The highest BCUT2D eigenvalue weighted by Gasteiger charge is 2.20. The first kappa shape index (κ1) is 15.4. The summed E-state index contributed by atoms with van der Waals surface area (Å²) < 4.78 is 10.6. The van der Waals surface area contributed by atoms with Gasteiger partial charge >= 0.3 is 5.97 Å². The summed E-state index contributed by atoms with van der Waals surface area (Å²) in [6.45, 7) is 5.69. The van der Waals surface area contributed by atoms with Gasteiger partial charge in [0.25, 0.3) is 0 Å². The maximum Gasteiger partial charge on any atom is 0.332 e. The number of hydrogen-bond donors (Lipinski definition) is 1. The van der Waals surface area contributed by atoms with Crippen molar-refractivity contribution in [3.63, 3.8) is 0 Å². The highest BCUT2D eigenvalue weighted by molar-refractivity contribution is 5.72. The second kappa shape index (κ2) is 8.45. The molecule has 5 heteroatoms. The van der Waals surface area contributed by atoms with Crippen LogP contribution in [-0.4, -0.2) is 62.0 Å². The topological polar surface area (TPSA) is 59.0 Å². The van der Waals surface area contributed by atoms with Gasteiger partial charge < -0.3 is 19.5 Å².